The van der Waals surface area contributed by atoms with Crippen LogP contribution in [-0.2, 0) is 0 Å². The second kappa shape index (κ2) is 11.4. The Bertz CT molecular complexity index is 3130. The van der Waals surface area contributed by atoms with Crippen molar-refractivity contribution in [2.24, 2.45) is 0 Å². The van der Waals surface area contributed by atoms with Crippen LogP contribution in [-0.4, -0.2) is 35.9 Å². The normalized spacial score (nSPS) is 11.8. The zero-order chi connectivity index (χ0) is 34.9. The summed E-state index contributed by atoms with van der Waals surface area (Å²) in [5, 5.41) is 28.3. The van der Waals surface area contributed by atoms with Crippen LogP contribution in [0.2, 0.25) is 0 Å². The van der Waals surface area contributed by atoms with Gasteiger partial charge in [0, 0.05) is 16.7 Å². The number of aromatic nitrogens is 7. The molecule has 0 fully saturated rings. The van der Waals surface area contributed by atoms with Gasteiger partial charge in [-0.3, -0.25) is 0 Å². The average Bonchev–Trinajstić information content (AvgIpc) is 4.05. The molecule has 12 heteroatoms. The first kappa shape index (κ1) is 29.0. The quantitative estimate of drug-likeness (QED) is 0.164. The van der Waals surface area contributed by atoms with E-state index in [1.807, 2.05) is 108 Å². The number of rotatable bonds is 6. The molecule has 0 spiro atoms. The van der Waals surface area contributed by atoms with Crippen molar-refractivity contribution in [3.8, 4) is 33.7 Å². The first-order valence-electron chi connectivity index (χ1n) is 16.7. The second-order valence-corrected chi connectivity index (χ2v) is 12.6. The van der Waals surface area contributed by atoms with Crippen LogP contribution in [0.4, 0.5) is 17.1 Å². The number of para-hydroxylation sites is 2. The monoisotopic (exact) mass is 690 g/mol. The highest BCUT2D eigenvalue weighted by atomic mass is 16.6. The van der Waals surface area contributed by atoms with E-state index in [9.17, 15) is 0 Å². The standard InChI is InChI=1S/C41H22N8O4/c1-2-7-26-22-27(17-12-23(26)6-1)29-19-21-34(40-37(29)45-53-48-40)49(32-10-5-9-31-38(32)46-51-43-31)33-20-18-28(36-39(33)47-52-44-36)24-13-15-25(16-14-24)41-42-30-8-3-4-11-35(30)50-41/h1-22H. The minimum Gasteiger partial charge on any atom is -0.436 e. The van der Waals surface area contributed by atoms with Crippen LogP contribution in [0.5, 0.6) is 0 Å². The Kier molecular flexibility index (Phi) is 6.25. The Hall–Kier alpha value is -7.73. The van der Waals surface area contributed by atoms with Crippen molar-refractivity contribution in [2.45, 2.75) is 0 Å². The third kappa shape index (κ3) is 4.59. The van der Waals surface area contributed by atoms with Gasteiger partial charge in [0.2, 0.25) is 5.89 Å². The van der Waals surface area contributed by atoms with E-state index in [2.05, 4.69) is 66.3 Å². The molecule has 7 aromatic carbocycles. The molecule has 0 radical (unpaired) electrons. The molecule has 0 aliphatic heterocycles. The third-order valence-electron chi connectivity index (χ3n) is 9.57. The van der Waals surface area contributed by atoms with E-state index >= 15 is 0 Å². The van der Waals surface area contributed by atoms with Gasteiger partial charge in [-0.05, 0) is 120 Å². The van der Waals surface area contributed by atoms with Gasteiger partial charge in [0.15, 0.2) is 22.1 Å². The van der Waals surface area contributed by atoms with Crippen molar-refractivity contribution in [2.75, 3.05) is 4.90 Å². The molecule has 0 saturated carbocycles. The molecule has 0 aliphatic rings. The highest BCUT2D eigenvalue weighted by Gasteiger charge is 2.27. The van der Waals surface area contributed by atoms with Gasteiger partial charge in [-0.15, -0.1) is 0 Å². The maximum atomic E-state index is 6.00. The summed E-state index contributed by atoms with van der Waals surface area (Å²) < 4.78 is 22.0. The summed E-state index contributed by atoms with van der Waals surface area (Å²) in [7, 11) is 0. The number of nitrogens with zero attached hydrogens (tertiary/aromatic N) is 8. The number of anilines is 3. The van der Waals surface area contributed by atoms with E-state index in [0.717, 1.165) is 49.7 Å². The number of oxazole rings is 1. The van der Waals surface area contributed by atoms with Crippen molar-refractivity contribution in [3.63, 3.8) is 0 Å². The molecule has 0 bridgehead atoms. The molecule has 0 unspecified atom stereocenters. The van der Waals surface area contributed by atoms with Gasteiger partial charge >= 0.3 is 0 Å². The Labute approximate surface area is 297 Å². The fourth-order valence-electron chi connectivity index (χ4n) is 7.04. The molecule has 0 N–H and O–H groups in total. The third-order valence-corrected chi connectivity index (χ3v) is 9.57. The molecule has 4 aromatic heterocycles. The minimum atomic E-state index is 0.516. The summed E-state index contributed by atoms with van der Waals surface area (Å²) in [5.74, 6) is 0.550. The zero-order valence-electron chi connectivity index (χ0n) is 27.4. The summed E-state index contributed by atoms with van der Waals surface area (Å²) in [6.07, 6.45) is 0. The van der Waals surface area contributed by atoms with Crippen LogP contribution in [0.15, 0.2) is 152 Å². The molecule has 0 amide bonds. The van der Waals surface area contributed by atoms with Crippen LogP contribution in [0.25, 0.3) is 88.7 Å². The van der Waals surface area contributed by atoms with Crippen LogP contribution in [0.3, 0.4) is 0 Å². The maximum absolute atomic E-state index is 6.00. The van der Waals surface area contributed by atoms with Gasteiger partial charge in [0.05, 0.1) is 17.1 Å². The largest absolute Gasteiger partial charge is 0.436 e. The van der Waals surface area contributed by atoms with Gasteiger partial charge in [0.1, 0.15) is 22.1 Å². The van der Waals surface area contributed by atoms with Crippen molar-refractivity contribution in [1.29, 1.82) is 0 Å². The Morgan fingerprint density at radius 2 is 0.981 bits per heavy atom. The van der Waals surface area contributed by atoms with Crippen LogP contribution >= 0.6 is 0 Å². The molecule has 11 aromatic rings. The van der Waals surface area contributed by atoms with Gasteiger partial charge in [-0.25, -0.2) is 18.9 Å². The predicted octanol–water partition coefficient (Wildman–Crippen LogP) is 10.1. The molecule has 0 atom stereocenters. The first-order chi connectivity index (χ1) is 26.3. The average molecular weight is 691 g/mol. The molecular formula is C41H22N8O4. The highest BCUT2D eigenvalue weighted by Crippen LogP contribution is 2.46. The number of hydrogen-bond acceptors (Lipinski definition) is 12. The lowest BCUT2D eigenvalue weighted by molar-refractivity contribution is 0.315. The molecule has 11 rings (SSSR count). The molecule has 0 aliphatic carbocycles. The molecule has 250 valence electrons. The minimum absolute atomic E-state index is 0.516. The maximum Gasteiger partial charge on any atom is 0.227 e. The summed E-state index contributed by atoms with van der Waals surface area (Å²) in [5.41, 5.74) is 11.3. The highest BCUT2D eigenvalue weighted by molar-refractivity contribution is 6.09. The summed E-state index contributed by atoms with van der Waals surface area (Å²) in [6, 6.07) is 43.8. The van der Waals surface area contributed by atoms with E-state index < -0.39 is 0 Å². The van der Waals surface area contributed by atoms with Crippen LogP contribution < -0.4 is 4.90 Å². The topological polar surface area (TPSA) is 146 Å². The van der Waals surface area contributed by atoms with Crippen molar-refractivity contribution in [3.05, 3.63) is 133 Å². The molecule has 53 heavy (non-hydrogen) atoms. The summed E-state index contributed by atoms with van der Waals surface area (Å²) >= 11 is 0. The zero-order valence-corrected chi connectivity index (χ0v) is 27.4. The van der Waals surface area contributed by atoms with Crippen molar-refractivity contribution < 1.29 is 18.3 Å². The Morgan fingerprint density at radius 3 is 1.75 bits per heavy atom. The molecule has 0 saturated heterocycles. The van der Waals surface area contributed by atoms with Crippen molar-refractivity contribution in [1.82, 2.24) is 35.9 Å². The van der Waals surface area contributed by atoms with Crippen LogP contribution in [0.1, 0.15) is 0 Å². The summed E-state index contributed by atoms with van der Waals surface area (Å²) in [6.45, 7) is 0. The SMILES string of the molecule is c1ccc2cc(-c3ccc(N(c4cccc5nonc45)c4ccc(-c5ccc(-c6nc7ccccc7o6)cc5)c5nonc45)c4nonc34)ccc2c1. The lowest BCUT2D eigenvalue weighted by Gasteiger charge is -2.25. The predicted molar refractivity (Wildman–Crippen MR) is 199 cm³/mol. The smallest absolute Gasteiger partial charge is 0.227 e. The van der Waals surface area contributed by atoms with Gasteiger partial charge in [-0.1, -0.05) is 66.7 Å². The fourth-order valence-corrected chi connectivity index (χ4v) is 7.04. The Morgan fingerprint density at radius 1 is 0.396 bits per heavy atom. The number of hydrogen-bond donors (Lipinski definition) is 0. The number of fused-ring (bicyclic) bond motifs is 5. The van der Waals surface area contributed by atoms with Crippen LogP contribution in [0, 0.1) is 0 Å². The first-order valence-corrected chi connectivity index (χ1v) is 16.7. The lowest BCUT2D eigenvalue weighted by atomic mass is 9.98. The Balaban J connectivity index is 1.06. The van der Waals surface area contributed by atoms with Gasteiger partial charge in [0.25, 0.3) is 0 Å². The lowest BCUT2D eigenvalue weighted by Crippen LogP contribution is -2.12. The van der Waals surface area contributed by atoms with Gasteiger partial charge < -0.3 is 9.32 Å². The molecule has 12 nitrogen and oxygen atoms in total. The summed E-state index contributed by atoms with van der Waals surface area (Å²) in [4.78, 5) is 6.63. The number of benzene rings is 7. The fraction of sp³-hybridized carbons (Fsp3) is 0. The second-order valence-electron chi connectivity index (χ2n) is 12.6. The molecule has 4 heterocycles. The van der Waals surface area contributed by atoms with E-state index in [4.69, 9.17) is 18.3 Å². The van der Waals surface area contributed by atoms with Crippen molar-refractivity contribution >= 4 is 72.0 Å². The van der Waals surface area contributed by atoms with E-state index in [1.54, 1.807) is 0 Å². The van der Waals surface area contributed by atoms with E-state index in [1.165, 1.54) is 0 Å². The van der Waals surface area contributed by atoms with E-state index in [0.29, 0.717) is 56.1 Å². The molecular weight excluding hydrogens is 669 g/mol. The van der Waals surface area contributed by atoms with Gasteiger partial charge in [-0.2, -0.15) is 0 Å². The van der Waals surface area contributed by atoms with E-state index in [-0.39, 0.29) is 0 Å².